The number of fused-ring (bicyclic) bond motifs is 1. The molecule has 0 amide bonds. The Morgan fingerprint density at radius 1 is 1.03 bits per heavy atom. The van der Waals surface area contributed by atoms with Crippen molar-refractivity contribution in [1.29, 1.82) is 0 Å². The number of aromatic nitrogens is 1. The molecular weight excluding hydrogens is 407 g/mol. The van der Waals surface area contributed by atoms with Gasteiger partial charge in [0.1, 0.15) is 10.7 Å². The van der Waals surface area contributed by atoms with Crippen LogP contribution in [0.2, 0.25) is 0 Å². The number of aliphatic hydroxyl groups is 1. The summed E-state index contributed by atoms with van der Waals surface area (Å²) in [6.45, 7) is 5.13. The zero-order valence-electron chi connectivity index (χ0n) is 17.2. The first kappa shape index (κ1) is 21.3. The van der Waals surface area contributed by atoms with Crippen LogP contribution < -0.4 is 4.90 Å². The molecule has 3 heterocycles. The lowest BCUT2D eigenvalue weighted by atomic mass is 10.1. The van der Waals surface area contributed by atoms with E-state index in [-0.39, 0.29) is 10.7 Å². The number of piperazine rings is 1. The highest BCUT2D eigenvalue weighted by Crippen LogP contribution is 2.32. The highest BCUT2D eigenvalue weighted by atomic mass is 32.2. The molecule has 7 nitrogen and oxygen atoms in total. The summed E-state index contributed by atoms with van der Waals surface area (Å²) in [7, 11) is -1.82. The summed E-state index contributed by atoms with van der Waals surface area (Å²) in [5.41, 5.74) is 1.53. The molecule has 0 spiro atoms. The summed E-state index contributed by atoms with van der Waals surface area (Å²) in [6.07, 6.45) is 3.68. The smallest absolute Gasteiger partial charge is 0.244 e. The van der Waals surface area contributed by atoms with Gasteiger partial charge in [0.2, 0.25) is 10.0 Å². The zero-order valence-corrected chi connectivity index (χ0v) is 18.1. The van der Waals surface area contributed by atoms with Gasteiger partial charge in [-0.05, 0) is 43.7 Å². The second kappa shape index (κ2) is 8.66. The number of halogens is 1. The van der Waals surface area contributed by atoms with Crippen molar-refractivity contribution < 1.29 is 17.9 Å². The molecule has 1 atom stereocenters. The second-order valence-electron chi connectivity index (χ2n) is 8.11. The standard InChI is InChI=1S/C21H29FN4O3S/c1-23-15-19-20(27)7-10-26(30(28,29)21(19)16-23)9-2-8-24-11-13-25(14-12-24)18-5-3-17(22)4-6-18/h3-6,15-16,20,27H,2,7-14H2,1H3. The molecule has 1 aromatic carbocycles. The average molecular weight is 437 g/mol. The third kappa shape index (κ3) is 4.39. The minimum absolute atomic E-state index is 0.225. The van der Waals surface area contributed by atoms with E-state index in [1.54, 1.807) is 36.1 Å². The fraction of sp³-hybridized carbons (Fsp3) is 0.524. The Bertz CT molecular complexity index is 969. The lowest BCUT2D eigenvalue weighted by Crippen LogP contribution is -2.47. The second-order valence-corrected chi connectivity index (χ2v) is 10.0. The third-order valence-electron chi connectivity index (χ3n) is 6.02. The van der Waals surface area contributed by atoms with Crippen LogP contribution in [0.3, 0.4) is 0 Å². The Labute approximate surface area is 177 Å². The molecular formula is C21H29FN4O3S. The van der Waals surface area contributed by atoms with E-state index in [0.29, 0.717) is 25.1 Å². The van der Waals surface area contributed by atoms with Crippen molar-refractivity contribution in [3.63, 3.8) is 0 Å². The molecule has 9 heteroatoms. The Morgan fingerprint density at radius 2 is 1.73 bits per heavy atom. The van der Waals surface area contributed by atoms with Crippen molar-refractivity contribution in [2.75, 3.05) is 50.7 Å². The number of anilines is 1. The third-order valence-corrected chi connectivity index (χ3v) is 7.96. The van der Waals surface area contributed by atoms with Crippen LogP contribution >= 0.6 is 0 Å². The average Bonchev–Trinajstić information content (AvgIpc) is 3.11. The normalized spacial score (nSPS) is 22.6. The fourth-order valence-electron chi connectivity index (χ4n) is 4.31. The number of aryl methyl sites for hydroxylation is 1. The first-order valence-electron chi connectivity index (χ1n) is 10.4. The van der Waals surface area contributed by atoms with Gasteiger partial charge in [-0.3, -0.25) is 4.90 Å². The maximum absolute atomic E-state index is 13.1. The van der Waals surface area contributed by atoms with Gasteiger partial charge in [-0.15, -0.1) is 0 Å². The first-order chi connectivity index (χ1) is 14.3. The summed E-state index contributed by atoms with van der Waals surface area (Å²) in [5, 5.41) is 10.3. The molecule has 30 heavy (non-hydrogen) atoms. The van der Waals surface area contributed by atoms with Crippen LogP contribution in [0.1, 0.15) is 24.5 Å². The zero-order chi connectivity index (χ0) is 21.3. The van der Waals surface area contributed by atoms with Crippen LogP contribution in [0.25, 0.3) is 0 Å². The largest absolute Gasteiger partial charge is 0.388 e. The van der Waals surface area contributed by atoms with Crippen molar-refractivity contribution in [3.8, 4) is 0 Å². The number of aliphatic hydroxyl groups excluding tert-OH is 1. The molecule has 2 aliphatic heterocycles. The molecule has 1 unspecified atom stereocenters. The molecule has 164 valence electrons. The van der Waals surface area contributed by atoms with E-state index in [9.17, 15) is 17.9 Å². The minimum atomic E-state index is -3.59. The highest BCUT2D eigenvalue weighted by molar-refractivity contribution is 7.89. The fourth-order valence-corrected chi connectivity index (χ4v) is 6.09. The van der Waals surface area contributed by atoms with E-state index in [2.05, 4.69) is 9.80 Å². The van der Waals surface area contributed by atoms with Crippen LogP contribution in [0.15, 0.2) is 41.6 Å². The molecule has 1 saturated heterocycles. The summed E-state index contributed by atoms with van der Waals surface area (Å²) in [5.74, 6) is -0.226. The van der Waals surface area contributed by atoms with Gasteiger partial charge in [-0.2, -0.15) is 4.31 Å². The molecule has 2 aliphatic rings. The van der Waals surface area contributed by atoms with E-state index >= 15 is 0 Å². The van der Waals surface area contributed by atoms with Gasteiger partial charge in [0.25, 0.3) is 0 Å². The Hall–Kier alpha value is -1.94. The van der Waals surface area contributed by atoms with Gasteiger partial charge in [0.05, 0.1) is 6.10 Å². The van der Waals surface area contributed by atoms with Crippen molar-refractivity contribution in [2.45, 2.75) is 23.8 Å². The molecule has 0 aliphatic carbocycles. The molecule has 1 aromatic heterocycles. The number of nitrogens with zero attached hydrogens (tertiary/aromatic N) is 4. The number of benzene rings is 1. The SMILES string of the molecule is Cn1cc2c(c1)S(=O)(=O)N(CCCN1CCN(c3ccc(F)cc3)CC1)CCC2O. The van der Waals surface area contributed by atoms with Gasteiger partial charge in [-0.1, -0.05) is 0 Å². The van der Waals surface area contributed by atoms with E-state index < -0.39 is 16.1 Å². The molecule has 2 aromatic rings. The lowest BCUT2D eigenvalue weighted by Gasteiger charge is -2.36. The molecule has 0 bridgehead atoms. The summed E-state index contributed by atoms with van der Waals surface area (Å²) in [4.78, 5) is 4.81. The van der Waals surface area contributed by atoms with Gasteiger partial charge < -0.3 is 14.6 Å². The summed E-state index contributed by atoms with van der Waals surface area (Å²) in [6, 6.07) is 6.58. The van der Waals surface area contributed by atoms with Gasteiger partial charge in [-0.25, -0.2) is 12.8 Å². The van der Waals surface area contributed by atoms with E-state index in [1.165, 1.54) is 16.4 Å². The van der Waals surface area contributed by atoms with Crippen molar-refractivity contribution in [2.24, 2.45) is 7.05 Å². The summed E-state index contributed by atoms with van der Waals surface area (Å²) >= 11 is 0. The van der Waals surface area contributed by atoms with Crippen molar-refractivity contribution >= 4 is 15.7 Å². The molecule has 4 rings (SSSR count). The quantitative estimate of drug-likeness (QED) is 0.774. The topological polar surface area (TPSA) is 69.0 Å². The minimum Gasteiger partial charge on any atom is -0.388 e. The summed E-state index contributed by atoms with van der Waals surface area (Å²) < 4.78 is 42.4. The van der Waals surface area contributed by atoms with Crippen LogP contribution in [-0.4, -0.2) is 73.1 Å². The van der Waals surface area contributed by atoms with Crippen LogP contribution in [0.5, 0.6) is 0 Å². The number of hydrogen-bond acceptors (Lipinski definition) is 5. The molecule has 1 N–H and O–H groups in total. The Balaban J connectivity index is 1.30. The van der Waals surface area contributed by atoms with E-state index in [1.807, 2.05) is 0 Å². The van der Waals surface area contributed by atoms with Gasteiger partial charge >= 0.3 is 0 Å². The predicted molar refractivity (Wildman–Crippen MR) is 113 cm³/mol. The monoisotopic (exact) mass is 436 g/mol. The predicted octanol–water partition coefficient (Wildman–Crippen LogP) is 1.80. The van der Waals surface area contributed by atoms with Crippen molar-refractivity contribution in [3.05, 3.63) is 48.0 Å². The van der Waals surface area contributed by atoms with Crippen LogP contribution in [0, 0.1) is 5.82 Å². The number of rotatable bonds is 5. The maximum atomic E-state index is 13.1. The first-order valence-corrected chi connectivity index (χ1v) is 11.9. The number of sulfonamides is 1. The Morgan fingerprint density at radius 3 is 2.43 bits per heavy atom. The Kier molecular flexibility index (Phi) is 6.15. The molecule has 0 radical (unpaired) electrons. The van der Waals surface area contributed by atoms with Gasteiger partial charge in [0, 0.05) is 70.0 Å². The number of hydrogen-bond donors (Lipinski definition) is 1. The van der Waals surface area contributed by atoms with Gasteiger partial charge in [0.15, 0.2) is 0 Å². The van der Waals surface area contributed by atoms with Crippen LogP contribution in [-0.2, 0) is 17.1 Å². The highest BCUT2D eigenvalue weighted by Gasteiger charge is 2.34. The lowest BCUT2D eigenvalue weighted by molar-refractivity contribution is 0.158. The van der Waals surface area contributed by atoms with Crippen molar-refractivity contribution in [1.82, 2.24) is 13.8 Å². The van der Waals surface area contributed by atoms with E-state index in [4.69, 9.17) is 0 Å². The van der Waals surface area contributed by atoms with E-state index in [0.717, 1.165) is 44.8 Å². The van der Waals surface area contributed by atoms with Crippen LogP contribution in [0.4, 0.5) is 10.1 Å². The molecule has 1 fully saturated rings. The molecule has 0 saturated carbocycles. The maximum Gasteiger partial charge on any atom is 0.244 e.